The lowest BCUT2D eigenvalue weighted by molar-refractivity contribution is -0.137. The van der Waals surface area contributed by atoms with Crippen molar-refractivity contribution in [1.29, 1.82) is 0 Å². The molecule has 1 heterocycles. The quantitative estimate of drug-likeness (QED) is 0.905. The van der Waals surface area contributed by atoms with Crippen LogP contribution >= 0.6 is 0 Å². The molecule has 0 radical (unpaired) electrons. The third-order valence-corrected chi connectivity index (χ3v) is 3.04. The van der Waals surface area contributed by atoms with Crippen LogP contribution in [0.4, 0.5) is 13.2 Å². The average Bonchev–Trinajstić information content (AvgIpc) is 2.96. The summed E-state index contributed by atoms with van der Waals surface area (Å²) < 4.78 is 42.7. The summed E-state index contributed by atoms with van der Waals surface area (Å²) in [5.41, 5.74) is -1.32. The highest BCUT2D eigenvalue weighted by molar-refractivity contribution is 5.92. The second kappa shape index (κ2) is 6.04. The summed E-state index contributed by atoms with van der Waals surface area (Å²) in [6, 6.07) is 4.25. The summed E-state index contributed by atoms with van der Waals surface area (Å²) in [6.45, 7) is 2.99. The standard InChI is InChI=1S/C15H15F3N2O3/c1-14(2,8-21)20-12(22)11-7-23-13(19-11)9-3-5-10(6-4-9)15(16,17)18/h3-7,21H,8H2,1-2H3,(H,20,22). The molecule has 124 valence electrons. The number of benzene rings is 1. The maximum Gasteiger partial charge on any atom is 0.416 e. The molecule has 0 saturated carbocycles. The number of hydrogen-bond donors (Lipinski definition) is 2. The van der Waals surface area contributed by atoms with Crippen LogP contribution in [-0.2, 0) is 6.18 Å². The molecule has 0 aliphatic heterocycles. The Morgan fingerprint density at radius 3 is 2.39 bits per heavy atom. The van der Waals surface area contributed by atoms with Gasteiger partial charge in [-0.25, -0.2) is 4.98 Å². The maximum atomic E-state index is 12.5. The molecule has 5 nitrogen and oxygen atoms in total. The number of aromatic nitrogens is 1. The van der Waals surface area contributed by atoms with E-state index < -0.39 is 23.2 Å². The molecule has 8 heteroatoms. The highest BCUT2D eigenvalue weighted by atomic mass is 19.4. The topological polar surface area (TPSA) is 75.4 Å². The van der Waals surface area contributed by atoms with E-state index in [0.717, 1.165) is 18.4 Å². The molecule has 0 saturated heterocycles. The van der Waals surface area contributed by atoms with E-state index in [1.54, 1.807) is 13.8 Å². The molecular formula is C15H15F3N2O3. The Bertz CT molecular complexity index is 691. The van der Waals surface area contributed by atoms with Crippen LogP contribution in [0.2, 0.25) is 0 Å². The minimum atomic E-state index is -4.42. The summed E-state index contributed by atoms with van der Waals surface area (Å²) >= 11 is 0. The summed E-state index contributed by atoms with van der Waals surface area (Å²) in [5.74, 6) is -0.517. The van der Waals surface area contributed by atoms with Gasteiger partial charge in [-0.3, -0.25) is 4.79 Å². The summed E-state index contributed by atoms with van der Waals surface area (Å²) in [4.78, 5) is 15.9. The number of rotatable bonds is 4. The molecule has 0 aliphatic carbocycles. The number of carbonyl (C=O) groups is 1. The number of amides is 1. The number of nitrogens with zero attached hydrogens (tertiary/aromatic N) is 1. The van der Waals surface area contributed by atoms with Gasteiger partial charge in [0.1, 0.15) is 6.26 Å². The van der Waals surface area contributed by atoms with Crippen molar-refractivity contribution in [2.75, 3.05) is 6.61 Å². The molecule has 2 aromatic rings. The SMILES string of the molecule is CC(C)(CO)NC(=O)c1coc(-c2ccc(C(F)(F)F)cc2)n1. The van der Waals surface area contributed by atoms with E-state index in [1.165, 1.54) is 12.1 Å². The Morgan fingerprint density at radius 2 is 1.87 bits per heavy atom. The first-order chi connectivity index (χ1) is 10.6. The van der Waals surface area contributed by atoms with Crippen LogP contribution in [0.1, 0.15) is 29.9 Å². The summed E-state index contributed by atoms with van der Waals surface area (Å²) in [6.07, 6.45) is -3.31. The van der Waals surface area contributed by atoms with Gasteiger partial charge in [0.25, 0.3) is 5.91 Å². The molecule has 1 aromatic heterocycles. The Hall–Kier alpha value is -2.35. The lowest BCUT2D eigenvalue weighted by atomic mass is 10.1. The number of aliphatic hydroxyl groups is 1. The molecule has 1 amide bonds. The maximum absolute atomic E-state index is 12.5. The first kappa shape index (κ1) is 17.0. The number of carbonyl (C=O) groups excluding carboxylic acids is 1. The van der Waals surface area contributed by atoms with Crippen molar-refractivity contribution in [3.63, 3.8) is 0 Å². The van der Waals surface area contributed by atoms with Crippen LogP contribution < -0.4 is 5.32 Å². The third kappa shape index (κ3) is 4.10. The van der Waals surface area contributed by atoms with Crippen molar-refractivity contribution in [3.05, 3.63) is 41.8 Å². The van der Waals surface area contributed by atoms with E-state index in [2.05, 4.69) is 10.3 Å². The fraction of sp³-hybridized carbons (Fsp3) is 0.333. The van der Waals surface area contributed by atoms with Crippen molar-refractivity contribution in [2.24, 2.45) is 0 Å². The van der Waals surface area contributed by atoms with Gasteiger partial charge in [0.2, 0.25) is 5.89 Å². The molecule has 0 atom stereocenters. The van der Waals surface area contributed by atoms with Crippen LogP contribution in [0.3, 0.4) is 0 Å². The number of alkyl halides is 3. The van der Waals surface area contributed by atoms with Crippen molar-refractivity contribution >= 4 is 5.91 Å². The van der Waals surface area contributed by atoms with Gasteiger partial charge in [-0.15, -0.1) is 0 Å². The normalized spacial score (nSPS) is 12.3. The predicted octanol–water partition coefficient (Wildman–Crippen LogP) is 2.86. The van der Waals surface area contributed by atoms with Gasteiger partial charge in [0.15, 0.2) is 5.69 Å². The van der Waals surface area contributed by atoms with Gasteiger partial charge in [-0.05, 0) is 38.1 Å². The zero-order valence-corrected chi connectivity index (χ0v) is 12.4. The van der Waals surface area contributed by atoms with E-state index in [1.807, 2.05) is 0 Å². The third-order valence-electron chi connectivity index (χ3n) is 3.04. The Labute approximate surface area is 130 Å². The van der Waals surface area contributed by atoms with E-state index in [4.69, 9.17) is 9.52 Å². The van der Waals surface area contributed by atoms with Gasteiger partial charge in [-0.2, -0.15) is 13.2 Å². The number of nitrogens with one attached hydrogen (secondary N) is 1. The Morgan fingerprint density at radius 1 is 1.26 bits per heavy atom. The molecule has 0 fully saturated rings. The zero-order chi connectivity index (χ0) is 17.3. The van der Waals surface area contributed by atoms with Gasteiger partial charge < -0.3 is 14.8 Å². The number of halogens is 3. The van der Waals surface area contributed by atoms with E-state index in [0.29, 0.717) is 5.56 Å². The molecule has 0 spiro atoms. The number of oxazole rings is 1. The van der Waals surface area contributed by atoms with Gasteiger partial charge in [-0.1, -0.05) is 0 Å². The molecule has 0 aliphatic rings. The van der Waals surface area contributed by atoms with Crippen LogP contribution in [0.5, 0.6) is 0 Å². The van der Waals surface area contributed by atoms with Gasteiger partial charge >= 0.3 is 6.18 Å². The fourth-order valence-electron chi connectivity index (χ4n) is 1.72. The molecule has 2 rings (SSSR count). The predicted molar refractivity (Wildman–Crippen MR) is 75.6 cm³/mol. The minimum absolute atomic E-state index is 0.0265. The molecule has 0 unspecified atom stereocenters. The molecule has 1 aromatic carbocycles. The minimum Gasteiger partial charge on any atom is -0.444 e. The van der Waals surface area contributed by atoms with Crippen LogP contribution in [-0.4, -0.2) is 28.1 Å². The molecule has 0 bridgehead atoms. The average molecular weight is 328 g/mol. The van der Waals surface area contributed by atoms with Crippen molar-refractivity contribution in [3.8, 4) is 11.5 Å². The number of aliphatic hydroxyl groups excluding tert-OH is 1. The molecule has 2 N–H and O–H groups in total. The zero-order valence-electron chi connectivity index (χ0n) is 12.4. The smallest absolute Gasteiger partial charge is 0.416 e. The summed E-state index contributed by atoms with van der Waals surface area (Å²) in [5, 5.41) is 11.7. The lowest BCUT2D eigenvalue weighted by Crippen LogP contribution is -2.46. The van der Waals surface area contributed by atoms with E-state index in [-0.39, 0.29) is 18.2 Å². The second-order valence-corrected chi connectivity index (χ2v) is 5.61. The van der Waals surface area contributed by atoms with Gasteiger partial charge in [0.05, 0.1) is 17.7 Å². The Kier molecular flexibility index (Phi) is 4.46. The monoisotopic (exact) mass is 328 g/mol. The van der Waals surface area contributed by atoms with Gasteiger partial charge in [0, 0.05) is 5.56 Å². The first-order valence-corrected chi connectivity index (χ1v) is 6.69. The largest absolute Gasteiger partial charge is 0.444 e. The van der Waals surface area contributed by atoms with E-state index in [9.17, 15) is 18.0 Å². The molecule has 23 heavy (non-hydrogen) atoms. The van der Waals surface area contributed by atoms with Crippen molar-refractivity contribution in [1.82, 2.24) is 10.3 Å². The highest BCUT2D eigenvalue weighted by Crippen LogP contribution is 2.30. The summed E-state index contributed by atoms with van der Waals surface area (Å²) in [7, 11) is 0. The van der Waals surface area contributed by atoms with Crippen molar-refractivity contribution < 1.29 is 27.5 Å². The fourth-order valence-corrected chi connectivity index (χ4v) is 1.72. The second-order valence-electron chi connectivity index (χ2n) is 5.61. The number of hydrogen-bond acceptors (Lipinski definition) is 4. The Balaban J connectivity index is 2.18. The van der Waals surface area contributed by atoms with Crippen LogP contribution in [0.15, 0.2) is 34.9 Å². The van der Waals surface area contributed by atoms with Crippen LogP contribution in [0, 0.1) is 0 Å². The van der Waals surface area contributed by atoms with Crippen molar-refractivity contribution in [2.45, 2.75) is 25.6 Å². The lowest BCUT2D eigenvalue weighted by Gasteiger charge is -2.22. The molecular weight excluding hydrogens is 313 g/mol. The first-order valence-electron chi connectivity index (χ1n) is 6.69. The van der Waals surface area contributed by atoms with Crippen LogP contribution in [0.25, 0.3) is 11.5 Å². The van der Waals surface area contributed by atoms with E-state index >= 15 is 0 Å². The highest BCUT2D eigenvalue weighted by Gasteiger charge is 2.30.